The summed E-state index contributed by atoms with van der Waals surface area (Å²) in [6, 6.07) is 15.5. The second-order valence-electron chi connectivity index (χ2n) is 5.55. The van der Waals surface area contributed by atoms with Gasteiger partial charge in [0.05, 0.1) is 13.7 Å². The highest BCUT2D eigenvalue weighted by Gasteiger charge is 2.08. The molecule has 3 N–H and O–H groups in total. The van der Waals surface area contributed by atoms with Crippen molar-refractivity contribution in [2.75, 3.05) is 19.0 Å². The molecule has 0 aliphatic heterocycles. The van der Waals surface area contributed by atoms with E-state index in [9.17, 15) is 0 Å². The maximum Gasteiger partial charge on any atom is 0.193 e. The molecule has 0 amide bonds. The van der Waals surface area contributed by atoms with Crippen molar-refractivity contribution < 1.29 is 9.47 Å². The zero-order valence-corrected chi connectivity index (χ0v) is 14.5. The number of benzene rings is 2. The normalized spacial score (nSPS) is 12.5. The summed E-state index contributed by atoms with van der Waals surface area (Å²) in [5, 5.41) is 3.06. The van der Waals surface area contributed by atoms with Gasteiger partial charge < -0.3 is 20.5 Å². The van der Waals surface area contributed by atoms with Gasteiger partial charge >= 0.3 is 0 Å². The van der Waals surface area contributed by atoms with Gasteiger partial charge in [-0.25, -0.2) is 4.99 Å². The molecular formula is C19H25N3O2. The Bertz CT molecular complexity index is 686. The molecule has 0 aliphatic rings. The summed E-state index contributed by atoms with van der Waals surface area (Å²) in [7, 11) is 1.63. The Morgan fingerprint density at radius 2 is 1.92 bits per heavy atom. The summed E-state index contributed by atoms with van der Waals surface area (Å²) < 4.78 is 11.2. The molecule has 0 heterocycles. The van der Waals surface area contributed by atoms with E-state index in [1.807, 2.05) is 55.5 Å². The summed E-state index contributed by atoms with van der Waals surface area (Å²) in [6.07, 6.45) is 0.835. The number of nitrogens with zero attached hydrogens (tertiary/aromatic N) is 1. The van der Waals surface area contributed by atoms with Crippen LogP contribution < -0.4 is 20.5 Å². The lowest BCUT2D eigenvalue weighted by molar-refractivity contribution is 0.205. The van der Waals surface area contributed by atoms with Gasteiger partial charge in [-0.05, 0) is 43.2 Å². The highest BCUT2D eigenvalue weighted by atomic mass is 16.5. The minimum absolute atomic E-state index is 0.0162. The number of rotatable bonds is 7. The Labute approximate surface area is 143 Å². The van der Waals surface area contributed by atoms with E-state index in [1.165, 1.54) is 5.56 Å². The van der Waals surface area contributed by atoms with E-state index < -0.39 is 0 Å². The van der Waals surface area contributed by atoms with Crippen LogP contribution in [0.1, 0.15) is 18.9 Å². The number of aliphatic imine (C=N–C) groups is 1. The summed E-state index contributed by atoms with van der Waals surface area (Å²) >= 11 is 0. The quantitative estimate of drug-likeness (QED) is 0.602. The third-order valence-corrected chi connectivity index (χ3v) is 3.56. The second-order valence-corrected chi connectivity index (χ2v) is 5.55. The molecule has 0 fully saturated rings. The number of anilines is 1. The molecule has 128 valence electrons. The van der Waals surface area contributed by atoms with Gasteiger partial charge in [0.15, 0.2) is 5.96 Å². The topological polar surface area (TPSA) is 68.9 Å². The van der Waals surface area contributed by atoms with Crippen molar-refractivity contribution in [1.29, 1.82) is 0 Å². The summed E-state index contributed by atoms with van der Waals surface area (Å²) in [6.45, 7) is 4.61. The first-order chi connectivity index (χ1) is 11.6. The molecule has 2 aromatic carbocycles. The zero-order chi connectivity index (χ0) is 17.4. The molecule has 0 radical (unpaired) electrons. The number of ether oxygens (including phenoxy) is 2. The minimum atomic E-state index is -0.0162. The number of hydrogen-bond acceptors (Lipinski definition) is 3. The molecule has 2 rings (SSSR count). The summed E-state index contributed by atoms with van der Waals surface area (Å²) in [5.41, 5.74) is 7.97. The lowest BCUT2D eigenvalue weighted by atomic mass is 10.2. The first kappa shape index (κ1) is 17.7. The largest absolute Gasteiger partial charge is 0.497 e. The van der Waals surface area contributed by atoms with E-state index >= 15 is 0 Å². The van der Waals surface area contributed by atoms with Gasteiger partial charge in [-0.1, -0.05) is 25.1 Å². The van der Waals surface area contributed by atoms with Crippen molar-refractivity contribution in [1.82, 2.24) is 0 Å². The van der Waals surface area contributed by atoms with E-state index in [1.54, 1.807) is 7.11 Å². The van der Waals surface area contributed by atoms with Crippen LogP contribution in [0, 0.1) is 6.92 Å². The summed E-state index contributed by atoms with van der Waals surface area (Å²) in [4.78, 5) is 4.38. The predicted octanol–water partition coefficient (Wildman–Crippen LogP) is 3.59. The van der Waals surface area contributed by atoms with Gasteiger partial charge in [0.1, 0.15) is 17.6 Å². The van der Waals surface area contributed by atoms with Crippen LogP contribution in [-0.2, 0) is 0 Å². The average Bonchev–Trinajstić information content (AvgIpc) is 2.58. The van der Waals surface area contributed by atoms with Gasteiger partial charge in [-0.3, -0.25) is 0 Å². The van der Waals surface area contributed by atoms with Gasteiger partial charge in [0.2, 0.25) is 0 Å². The van der Waals surface area contributed by atoms with Crippen LogP contribution in [0.4, 0.5) is 5.69 Å². The van der Waals surface area contributed by atoms with Gasteiger partial charge in [-0.15, -0.1) is 0 Å². The fourth-order valence-electron chi connectivity index (χ4n) is 2.22. The maximum absolute atomic E-state index is 5.97. The Balaban J connectivity index is 1.93. The molecule has 1 atom stereocenters. The molecule has 0 saturated heterocycles. The van der Waals surface area contributed by atoms with Gasteiger partial charge in [0.25, 0.3) is 0 Å². The van der Waals surface area contributed by atoms with Crippen molar-refractivity contribution in [2.45, 2.75) is 26.4 Å². The van der Waals surface area contributed by atoms with Gasteiger partial charge in [-0.2, -0.15) is 0 Å². The fourth-order valence-corrected chi connectivity index (χ4v) is 2.22. The van der Waals surface area contributed by atoms with E-state index in [0.717, 1.165) is 23.6 Å². The van der Waals surface area contributed by atoms with Crippen molar-refractivity contribution in [3.8, 4) is 11.5 Å². The zero-order valence-electron chi connectivity index (χ0n) is 14.5. The summed E-state index contributed by atoms with van der Waals surface area (Å²) in [5.74, 6) is 1.98. The Morgan fingerprint density at radius 3 is 2.62 bits per heavy atom. The van der Waals surface area contributed by atoms with Crippen molar-refractivity contribution in [3.63, 3.8) is 0 Å². The number of aryl methyl sites for hydroxylation is 1. The van der Waals surface area contributed by atoms with E-state index in [2.05, 4.69) is 17.2 Å². The van der Waals surface area contributed by atoms with E-state index in [4.69, 9.17) is 15.2 Å². The standard InChI is InChI=1S/C19H25N3O2/c1-4-16(24-18-10-5-7-14(2)11-18)13-21-19(20)22-15-8-6-9-17(12-15)23-3/h5-12,16H,4,13H2,1-3H3,(H3,20,21,22). The average molecular weight is 327 g/mol. The molecule has 0 aromatic heterocycles. The number of nitrogens with two attached hydrogens (primary N) is 1. The number of hydrogen-bond donors (Lipinski definition) is 2. The SMILES string of the molecule is CCC(CN=C(N)Nc1cccc(OC)c1)Oc1cccc(C)c1. The van der Waals surface area contributed by atoms with E-state index in [0.29, 0.717) is 12.5 Å². The molecule has 1 unspecified atom stereocenters. The molecule has 0 bridgehead atoms. The number of methoxy groups -OCH3 is 1. The molecule has 2 aromatic rings. The number of guanidine groups is 1. The minimum Gasteiger partial charge on any atom is -0.497 e. The molecule has 5 nitrogen and oxygen atoms in total. The molecule has 24 heavy (non-hydrogen) atoms. The Kier molecular flexibility index (Phi) is 6.49. The Hall–Kier alpha value is -2.69. The van der Waals surface area contributed by atoms with Crippen LogP contribution in [0.25, 0.3) is 0 Å². The first-order valence-corrected chi connectivity index (χ1v) is 8.05. The number of nitrogens with one attached hydrogen (secondary N) is 1. The molecule has 5 heteroatoms. The third kappa shape index (κ3) is 5.50. The monoisotopic (exact) mass is 327 g/mol. The highest BCUT2D eigenvalue weighted by molar-refractivity contribution is 5.92. The van der Waals surface area contributed by atoms with Crippen LogP contribution in [0.3, 0.4) is 0 Å². The molecule has 0 spiro atoms. The predicted molar refractivity (Wildman–Crippen MR) is 99.0 cm³/mol. The molecule has 0 saturated carbocycles. The van der Waals surface area contributed by atoms with Crippen LogP contribution >= 0.6 is 0 Å². The fraction of sp³-hybridized carbons (Fsp3) is 0.316. The lowest BCUT2D eigenvalue weighted by Crippen LogP contribution is -2.26. The second kappa shape index (κ2) is 8.82. The molecular weight excluding hydrogens is 302 g/mol. The van der Waals surface area contributed by atoms with E-state index in [-0.39, 0.29) is 6.10 Å². The van der Waals surface area contributed by atoms with Gasteiger partial charge in [0, 0.05) is 11.8 Å². The van der Waals surface area contributed by atoms with Crippen LogP contribution in [0.15, 0.2) is 53.5 Å². The van der Waals surface area contributed by atoms with Crippen molar-refractivity contribution >= 4 is 11.6 Å². The van der Waals surface area contributed by atoms with Crippen LogP contribution in [0.2, 0.25) is 0 Å². The van der Waals surface area contributed by atoms with Crippen LogP contribution in [-0.4, -0.2) is 25.7 Å². The highest BCUT2D eigenvalue weighted by Crippen LogP contribution is 2.17. The van der Waals surface area contributed by atoms with Crippen molar-refractivity contribution in [2.24, 2.45) is 10.7 Å². The third-order valence-electron chi connectivity index (χ3n) is 3.56. The first-order valence-electron chi connectivity index (χ1n) is 8.05. The lowest BCUT2D eigenvalue weighted by Gasteiger charge is -2.16. The maximum atomic E-state index is 5.97. The smallest absolute Gasteiger partial charge is 0.193 e. The van der Waals surface area contributed by atoms with Crippen LogP contribution in [0.5, 0.6) is 11.5 Å². The Morgan fingerprint density at radius 1 is 1.17 bits per heavy atom. The van der Waals surface area contributed by atoms with Crippen molar-refractivity contribution in [3.05, 3.63) is 54.1 Å². The molecule has 0 aliphatic carbocycles.